The molecule has 1 rings (SSSR count). The van der Waals surface area contributed by atoms with E-state index in [1.807, 2.05) is 34.6 Å². The molecule has 0 bridgehead atoms. The van der Waals surface area contributed by atoms with E-state index in [0.717, 1.165) is 19.3 Å². The van der Waals surface area contributed by atoms with Crippen LogP contribution in [0.2, 0.25) is 0 Å². The number of ether oxygens (including phenoxy) is 2. The molecule has 7 heteroatoms. The third-order valence-electron chi connectivity index (χ3n) is 4.33. The Bertz CT molecular complexity index is 539. The molecule has 1 N–H and O–H groups in total. The molecule has 0 aromatic heterocycles. The van der Waals surface area contributed by atoms with Crippen LogP contribution in [0.1, 0.15) is 80.6 Å². The highest BCUT2D eigenvalue weighted by Gasteiger charge is 2.49. The van der Waals surface area contributed by atoms with Crippen LogP contribution in [-0.4, -0.2) is 41.6 Å². The molecule has 1 unspecified atom stereocenters. The second-order valence-electron chi connectivity index (χ2n) is 8.39. The first kappa shape index (κ1) is 23.2. The van der Waals surface area contributed by atoms with Crippen molar-refractivity contribution in [2.24, 2.45) is 11.1 Å². The molecule has 1 heterocycles. The van der Waals surface area contributed by atoms with Crippen LogP contribution in [0.4, 0.5) is 4.79 Å². The van der Waals surface area contributed by atoms with Crippen LogP contribution in [0.3, 0.4) is 0 Å². The van der Waals surface area contributed by atoms with Gasteiger partial charge in [0.15, 0.2) is 0 Å². The molecule has 0 saturated carbocycles. The summed E-state index contributed by atoms with van der Waals surface area (Å²) in [5, 5.41) is 7.05. The minimum atomic E-state index is -1.09. The number of hydrogen-bond donors (Lipinski definition) is 1. The zero-order chi connectivity index (χ0) is 20.7. The summed E-state index contributed by atoms with van der Waals surface area (Å²) < 4.78 is 10.6. The minimum Gasteiger partial charge on any atom is -0.463 e. The predicted octanol–water partition coefficient (Wildman–Crippen LogP) is 4.19. The van der Waals surface area contributed by atoms with Crippen molar-refractivity contribution in [1.82, 2.24) is 5.32 Å². The van der Waals surface area contributed by atoms with E-state index in [4.69, 9.17) is 14.3 Å². The lowest BCUT2D eigenvalue weighted by Crippen LogP contribution is -2.48. The SMILES string of the molecule is CCCCCC1(C(=O)OCC)CC([C@@H](NC(=O)OC(C)(C)C)C(C)C)=NO1. The molecule has 0 aromatic rings. The summed E-state index contributed by atoms with van der Waals surface area (Å²) in [7, 11) is 0. The number of carbonyl (C=O) groups is 2. The number of nitrogens with one attached hydrogen (secondary N) is 1. The van der Waals surface area contributed by atoms with E-state index in [-0.39, 0.29) is 24.5 Å². The number of unbranched alkanes of at least 4 members (excludes halogenated alkanes) is 2. The standard InChI is InChI=1S/C20H36N2O5/c1-8-10-11-12-20(17(23)25-9-2)13-15(22-27-20)16(14(3)4)21-18(24)26-19(5,6)7/h14,16H,8-13H2,1-7H3,(H,21,24)/t16-,20?/m0/s1. The van der Waals surface area contributed by atoms with Gasteiger partial charge in [0.25, 0.3) is 0 Å². The summed E-state index contributed by atoms with van der Waals surface area (Å²) in [6.07, 6.45) is 3.25. The first-order valence-electron chi connectivity index (χ1n) is 9.96. The van der Waals surface area contributed by atoms with Crippen molar-refractivity contribution in [2.45, 2.75) is 97.8 Å². The quantitative estimate of drug-likeness (QED) is 0.476. The Morgan fingerprint density at radius 3 is 2.44 bits per heavy atom. The Morgan fingerprint density at radius 1 is 1.26 bits per heavy atom. The maximum Gasteiger partial charge on any atom is 0.408 e. The minimum absolute atomic E-state index is 0.0634. The first-order chi connectivity index (χ1) is 12.5. The van der Waals surface area contributed by atoms with Gasteiger partial charge in [0.2, 0.25) is 5.60 Å². The van der Waals surface area contributed by atoms with Crippen molar-refractivity contribution in [3.8, 4) is 0 Å². The lowest BCUT2D eigenvalue weighted by molar-refractivity contribution is -0.170. The normalized spacial score (nSPS) is 20.7. The number of carbonyl (C=O) groups excluding carboxylic acids is 2. The Balaban J connectivity index is 2.90. The molecule has 27 heavy (non-hydrogen) atoms. The molecule has 156 valence electrons. The summed E-state index contributed by atoms with van der Waals surface area (Å²) in [4.78, 5) is 30.4. The highest BCUT2D eigenvalue weighted by atomic mass is 16.7. The molecule has 1 aliphatic rings. The van der Waals surface area contributed by atoms with E-state index in [0.29, 0.717) is 18.6 Å². The smallest absolute Gasteiger partial charge is 0.408 e. The molecule has 1 aliphatic heterocycles. The van der Waals surface area contributed by atoms with Crippen LogP contribution >= 0.6 is 0 Å². The number of amides is 1. The molecule has 7 nitrogen and oxygen atoms in total. The number of rotatable bonds is 9. The molecule has 1 amide bonds. The van der Waals surface area contributed by atoms with Crippen LogP contribution in [0, 0.1) is 5.92 Å². The zero-order valence-corrected chi connectivity index (χ0v) is 17.9. The van der Waals surface area contributed by atoms with Gasteiger partial charge in [0.1, 0.15) is 5.60 Å². The Labute approximate surface area is 163 Å². The first-order valence-corrected chi connectivity index (χ1v) is 9.96. The van der Waals surface area contributed by atoms with Gasteiger partial charge in [-0.15, -0.1) is 0 Å². The summed E-state index contributed by atoms with van der Waals surface area (Å²) >= 11 is 0. The maximum atomic E-state index is 12.6. The Kier molecular flexibility index (Phi) is 8.57. The van der Waals surface area contributed by atoms with Crippen molar-refractivity contribution >= 4 is 17.8 Å². The fourth-order valence-electron chi connectivity index (χ4n) is 3.01. The Morgan fingerprint density at radius 2 is 1.93 bits per heavy atom. The maximum absolute atomic E-state index is 12.6. The number of esters is 1. The van der Waals surface area contributed by atoms with Crippen LogP contribution in [-0.2, 0) is 19.1 Å². The third-order valence-corrected chi connectivity index (χ3v) is 4.33. The number of nitrogens with zero attached hydrogens (tertiary/aromatic N) is 1. The molecule has 0 aliphatic carbocycles. The molecule has 2 atom stereocenters. The zero-order valence-electron chi connectivity index (χ0n) is 17.9. The van der Waals surface area contributed by atoms with E-state index in [1.54, 1.807) is 6.92 Å². The lowest BCUT2D eigenvalue weighted by Gasteiger charge is -2.27. The van der Waals surface area contributed by atoms with Gasteiger partial charge in [0.05, 0.1) is 18.4 Å². The van der Waals surface area contributed by atoms with Gasteiger partial charge in [-0.2, -0.15) is 0 Å². The monoisotopic (exact) mass is 384 g/mol. The van der Waals surface area contributed by atoms with Crippen molar-refractivity contribution < 1.29 is 23.9 Å². The molecule has 0 saturated heterocycles. The second-order valence-corrected chi connectivity index (χ2v) is 8.39. The van der Waals surface area contributed by atoms with Crippen LogP contribution < -0.4 is 5.32 Å². The van der Waals surface area contributed by atoms with Gasteiger partial charge in [-0.1, -0.05) is 38.8 Å². The summed E-state index contributed by atoms with van der Waals surface area (Å²) in [6.45, 7) is 13.6. The van der Waals surface area contributed by atoms with Crippen molar-refractivity contribution in [2.75, 3.05) is 6.61 Å². The number of alkyl carbamates (subject to hydrolysis) is 1. The topological polar surface area (TPSA) is 86.2 Å². The van der Waals surface area contributed by atoms with Gasteiger partial charge in [-0.3, -0.25) is 0 Å². The fraction of sp³-hybridized carbons (Fsp3) is 0.850. The molecule has 0 radical (unpaired) electrons. The lowest BCUT2D eigenvalue weighted by atomic mass is 9.86. The fourth-order valence-corrected chi connectivity index (χ4v) is 3.01. The average Bonchev–Trinajstić information content (AvgIpc) is 2.96. The van der Waals surface area contributed by atoms with Gasteiger partial charge >= 0.3 is 12.1 Å². The molecular weight excluding hydrogens is 348 g/mol. The Hall–Kier alpha value is -1.79. The largest absolute Gasteiger partial charge is 0.463 e. The summed E-state index contributed by atoms with van der Waals surface area (Å²) in [6, 6.07) is -0.373. The van der Waals surface area contributed by atoms with Crippen LogP contribution in [0.5, 0.6) is 0 Å². The van der Waals surface area contributed by atoms with Crippen molar-refractivity contribution in [3.05, 3.63) is 0 Å². The summed E-state index contributed by atoms with van der Waals surface area (Å²) in [5.74, 6) is -0.326. The highest BCUT2D eigenvalue weighted by Crippen LogP contribution is 2.33. The highest BCUT2D eigenvalue weighted by molar-refractivity contribution is 5.98. The average molecular weight is 385 g/mol. The van der Waals surface area contributed by atoms with E-state index < -0.39 is 17.3 Å². The van der Waals surface area contributed by atoms with Crippen LogP contribution in [0.25, 0.3) is 0 Å². The second kappa shape index (κ2) is 9.95. The van der Waals surface area contributed by atoms with Crippen molar-refractivity contribution in [1.29, 1.82) is 0 Å². The van der Waals surface area contributed by atoms with E-state index in [9.17, 15) is 9.59 Å². The third kappa shape index (κ3) is 7.03. The van der Waals surface area contributed by atoms with E-state index in [2.05, 4.69) is 17.4 Å². The van der Waals surface area contributed by atoms with E-state index >= 15 is 0 Å². The summed E-state index contributed by atoms with van der Waals surface area (Å²) in [5.41, 5.74) is -1.04. The van der Waals surface area contributed by atoms with Gasteiger partial charge in [-0.25, -0.2) is 9.59 Å². The van der Waals surface area contributed by atoms with Gasteiger partial charge < -0.3 is 19.6 Å². The molecular formula is C20H36N2O5. The van der Waals surface area contributed by atoms with Gasteiger partial charge in [-0.05, 0) is 40.0 Å². The number of oxime groups is 1. The molecule has 0 aromatic carbocycles. The molecule has 0 spiro atoms. The molecule has 0 fully saturated rings. The number of hydrogen-bond acceptors (Lipinski definition) is 6. The van der Waals surface area contributed by atoms with Crippen molar-refractivity contribution in [3.63, 3.8) is 0 Å². The van der Waals surface area contributed by atoms with E-state index in [1.165, 1.54) is 0 Å². The van der Waals surface area contributed by atoms with Gasteiger partial charge in [0, 0.05) is 12.8 Å². The van der Waals surface area contributed by atoms with Crippen LogP contribution in [0.15, 0.2) is 5.16 Å². The predicted molar refractivity (Wildman–Crippen MR) is 105 cm³/mol.